The number of para-hydroxylation sites is 1. The molecule has 1 heterocycles. The summed E-state index contributed by atoms with van der Waals surface area (Å²) in [5.74, 6) is 0.750. The molecule has 1 atom stereocenters. The summed E-state index contributed by atoms with van der Waals surface area (Å²) in [5, 5.41) is 10.4. The standard InChI is InChI=1S/C14H19NO2S/c1-9(16)8-17-10-6-5-7-11-12(10)15-13(18-11)14(2,3)4/h5-7,9,16H,8H2,1-4H3. The predicted octanol–water partition coefficient (Wildman–Crippen LogP) is 3.35. The van der Waals surface area contributed by atoms with Gasteiger partial charge < -0.3 is 9.84 Å². The van der Waals surface area contributed by atoms with E-state index in [2.05, 4.69) is 31.8 Å². The molecule has 1 N–H and O–H groups in total. The maximum Gasteiger partial charge on any atom is 0.146 e. The van der Waals surface area contributed by atoms with Crippen molar-refractivity contribution in [2.45, 2.75) is 39.2 Å². The third-order valence-corrected chi connectivity index (χ3v) is 3.95. The van der Waals surface area contributed by atoms with Crippen molar-refractivity contribution in [3.05, 3.63) is 23.2 Å². The molecule has 0 fully saturated rings. The summed E-state index contributed by atoms with van der Waals surface area (Å²) in [6, 6.07) is 5.92. The van der Waals surface area contributed by atoms with Crippen LogP contribution in [0.3, 0.4) is 0 Å². The normalized spacial score (nSPS) is 13.8. The highest BCUT2D eigenvalue weighted by Gasteiger charge is 2.20. The minimum Gasteiger partial charge on any atom is -0.489 e. The van der Waals surface area contributed by atoms with Crippen LogP contribution >= 0.6 is 11.3 Å². The molecule has 4 heteroatoms. The van der Waals surface area contributed by atoms with E-state index < -0.39 is 6.10 Å². The Labute approximate surface area is 111 Å². The fraction of sp³-hybridized carbons (Fsp3) is 0.500. The number of fused-ring (bicyclic) bond motifs is 1. The number of aliphatic hydroxyl groups is 1. The lowest BCUT2D eigenvalue weighted by Crippen LogP contribution is -2.13. The summed E-state index contributed by atoms with van der Waals surface area (Å²) in [7, 11) is 0. The Morgan fingerprint density at radius 1 is 1.39 bits per heavy atom. The fourth-order valence-corrected chi connectivity index (χ4v) is 2.61. The first-order valence-electron chi connectivity index (χ1n) is 6.09. The number of thiazole rings is 1. The topological polar surface area (TPSA) is 42.4 Å². The first kappa shape index (κ1) is 13.3. The van der Waals surface area contributed by atoms with Gasteiger partial charge in [-0.15, -0.1) is 11.3 Å². The Morgan fingerprint density at radius 3 is 2.72 bits per heavy atom. The van der Waals surface area contributed by atoms with Gasteiger partial charge in [0, 0.05) is 5.41 Å². The molecule has 1 aromatic heterocycles. The molecule has 0 radical (unpaired) electrons. The zero-order valence-electron chi connectivity index (χ0n) is 11.2. The second-order valence-corrected chi connectivity index (χ2v) is 6.56. The summed E-state index contributed by atoms with van der Waals surface area (Å²) in [4.78, 5) is 4.67. The van der Waals surface area contributed by atoms with Crippen molar-refractivity contribution in [3.8, 4) is 5.75 Å². The van der Waals surface area contributed by atoms with Gasteiger partial charge in [-0.05, 0) is 19.1 Å². The number of benzene rings is 1. The minimum atomic E-state index is -0.471. The van der Waals surface area contributed by atoms with E-state index in [-0.39, 0.29) is 5.41 Å². The Hall–Kier alpha value is -1.13. The molecule has 98 valence electrons. The van der Waals surface area contributed by atoms with Crippen LogP contribution in [-0.4, -0.2) is 22.8 Å². The maximum atomic E-state index is 9.28. The van der Waals surface area contributed by atoms with Gasteiger partial charge in [0.25, 0.3) is 0 Å². The quantitative estimate of drug-likeness (QED) is 0.925. The number of hydrogen-bond donors (Lipinski definition) is 1. The largest absolute Gasteiger partial charge is 0.489 e. The van der Waals surface area contributed by atoms with Gasteiger partial charge in [-0.25, -0.2) is 4.98 Å². The van der Waals surface area contributed by atoms with E-state index in [1.54, 1.807) is 18.3 Å². The van der Waals surface area contributed by atoms with E-state index in [9.17, 15) is 5.11 Å². The molecular formula is C14H19NO2S. The molecule has 0 aliphatic rings. The average Bonchev–Trinajstić information content (AvgIpc) is 2.69. The molecule has 0 spiro atoms. The number of nitrogens with zero attached hydrogens (tertiary/aromatic N) is 1. The Balaban J connectivity index is 2.39. The van der Waals surface area contributed by atoms with Crippen molar-refractivity contribution in [1.82, 2.24) is 4.98 Å². The number of hydrogen-bond acceptors (Lipinski definition) is 4. The first-order chi connectivity index (χ1) is 8.38. The summed E-state index contributed by atoms with van der Waals surface area (Å²) >= 11 is 1.70. The molecule has 0 amide bonds. The van der Waals surface area contributed by atoms with Crippen LogP contribution in [0.15, 0.2) is 18.2 Å². The SMILES string of the molecule is CC(O)COc1cccc2sc(C(C)(C)C)nc12. The third kappa shape index (κ3) is 2.82. The Bertz CT molecular complexity index is 540. The van der Waals surface area contributed by atoms with Gasteiger partial charge in [-0.1, -0.05) is 26.8 Å². The molecule has 0 bridgehead atoms. The van der Waals surface area contributed by atoms with Crippen molar-refractivity contribution >= 4 is 21.6 Å². The first-order valence-corrected chi connectivity index (χ1v) is 6.90. The van der Waals surface area contributed by atoms with Crippen molar-refractivity contribution in [2.24, 2.45) is 0 Å². The van der Waals surface area contributed by atoms with Crippen LogP contribution in [0.4, 0.5) is 0 Å². The Kier molecular flexibility index (Phi) is 3.59. The lowest BCUT2D eigenvalue weighted by Gasteiger charge is -2.13. The van der Waals surface area contributed by atoms with Crippen LogP contribution in [0.5, 0.6) is 5.75 Å². The lowest BCUT2D eigenvalue weighted by molar-refractivity contribution is 0.123. The van der Waals surface area contributed by atoms with E-state index in [4.69, 9.17) is 4.74 Å². The molecule has 3 nitrogen and oxygen atoms in total. The van der Waals surface area contributed by atoms with Crippen LogP contribution < -0.4 is 4.74 Å². The lowest BCUT2D eigenvalue weighted by atomic mass is 9.98. The number of ether oxygens (including phenoxy) is 1. The molecule has 0 aliphatic heterocycles. The maximum absolute atomic E-state index is 9.28. The van der Waals surface area contributed by atoms with E-state index in [1.807, 2.05) is 12.1 Å². The summed E-state index contributed by atoms with van der Waals surface area (Å²) in [5.41, 5.74) is 0.943. The van der Waals surface area contributed by atoms with Crippen LogP contribution in [0, 0.1) is 0 Å². The highest BCUT2D eigenvalue weighted by Crippen LogP contribution is 2.35. The number of rotatable bonds is 3. The summed E-state index contributed by atoms with van der Waals surface area (Å²) in [6.07, 6.45) is -0.471. The van der Waals surface area contributed by atoms with Crippen LogP contribution in [0.25, 0.3) is 10.2 Å². The van der Waals surface area contributed by atoms with Gasteiger partial charge >= 0.3 is 0 Å². The molecule has 1 aromatic carbocycles. The molecular weight excluding hydrogens is 246 g/mol. The molecule has 0 saturated carbocycles. The summed E-state index contributed by atoms with van der Waals surface area (Å²) < 4.78 is 6.73. The fourth-order valence-electron chi connectivity index (χ4n) is 1.57. The highest BCUT2D eigenvalue weighted by molar-refractivity contribution is 7.18. The van der Waals surface area contributed by atoms with Crippen molar-refractivity contribution < 1.29 is 9.84 Å². The Morgan fingerprint density at radius 2 is 2.11 bits per heavy atom. The van der Waals surface area contributed by atoms with Gasteiger partial charge in [0.2, 0.25) is 0 Å². The molecule has 0 aliphatic carbocycles. The smallest absolute Gasteiger partial charge is 0.146 e. The molecule has 1 unspecified atom stereocenters. The van der Waals surface area contributed by atoms with Gasteiger partial charge in [0.15, 0.2) is 0 Å². The van der Waals surface area contributed by atoms with Crippen LogP contribution in [-0.2, 0) is 5.41 Å². The molecule has 18 heavy (non-hydrogen) atoms. The van der Waals surface area contributed by atoms with E-state index in [0.717, 1.165) is 21.0 Å². The molecule has 2 rings (SSSR count). The van der Waals surface area contributed by atoms with Crippen molar-refractivity contribution in [3.63, 3.8) is 0 Å². The van der Waals surface area contributed by atoms with Gasteiger partial charge in [-0.3, -0.25) is 0 Å². The second-order valence-electron chi connectivity index (χ2n) is 5.53. The minimum absolute atomic E-state index is 0.0469. The number of aliphatic hydroxyl groups excluding tert-OH is 1. The average molecular weight is 265 g/mol. The van der Waals surface area contributed by atoms with Gasteiger partial charge in [0.05, 0.1) is 15.8 Å². The highest BCUT2D eigenvalue weighted by atomic mass is 32.1. The van der Waals surface area contributed by atoms with Crippen LogP contribution in [0.2, 0.25) is 0 Å². The zero-order valence-corrected chi connectivity index (χ0v) is 12.0. The summed E-state index contributed by atoms with van der Waals surface area (Å²) in [6.45, 7) is 8.46. The number of aromatic nitrogens is 1. The van der Waals surface area contributed by atoms with Crippen molar-refractivity contribution in [2.75, 3.05) is 6.61 Å². The second kappa shape index (κ2) is 4.86. The zero-order chi connectivity index (χ0) is 13.3. The van der Waals surface area contributed by atoms with E-state index in [1.165, 1.54) is 0 Å². The van der Waals surface area contributed by atoms with Gasteiger partial charge in [-0.2, -0.15) is 0 Å². The van der Waals surface area contributed by atoms with Crippen molar-refractivity contribution in [1.29, 1.82) is 0 Å². The third-order valence-electron chi connectivity index (χ3n) is 2.50. The van der Waals surface area contributed by atoms with E-state index >= 15 is 0 Å². The van der Waals surface area contributed by atoms with Gasteiger partial charge in [0.1, 0.15) is 17.9 Å². The van der Waals surface area contributed by atoms with Crippen LogP contribution in [0.1, 0.15) is 32.7 Å². The monoisotopic (exact) mass is 265 g/mol. The predicted molar refractivity (Wildman–Crippen MR) is 75.5 cm³/mol. The van der Waals surface area contributed by atoms with E-state index in [0.29, 0.717) is 6.61 Å². The molecule has 0 saturated heterocycles. The molecule has 2 aromatic rings.